The van der Waals surface area contributed by atoms with Gasteiger partial charge in [0.15, 0.2) is 23.0 Å². The molecule has 0 unspecified atom stereocenters. The third kappa shape index (κ3) is 8.88. The lowest BCUT2D eigenvalue weighted by molar-refractivity contribution is -0.129. The minimum atomic E-state index is -0.323. The molecule has 2 aromatic rings. The maximum atomic E-state index is 12.5. The Morgan fingerprint density at radius 3 is 2.29 bits per heavy atom. The molecular formula is C27H36N2O6. The van der Waals surface area contributed by atoms with Crippen molar-refractivity contribution >= 4 is 23.6 Å². The first-order chi connectivity index (χ1) is 16.9. The third-order valence-electron chi connectivity index (χ3n) is 4.95. The van der Waals surface area contributed by atoms with E-state index in [1.54, 1.807) is 44.5 Å². The molecule has 2 amide bonds. The van der Waals surface area contributed by atoms with E-state index < -0.39 is 0 Å². The zero-order valence-electron chi connectivity index (χ0n) is 21.3. The Balaban J connectivity index is 1.95. The number of nitrogens with one attached hydrogen (secondary N) is 1. The van der Waals surface area contributed by atoms with E-state index >= 15 is 0 Å². The maximum Gasteiger partial charge on any atom is 0.246 e. The quantitative estimate of drug-likeness (QED) is 0.307. The minimum Gasteiger partial charge on any atom is -0.493 e. The van der Waals surface area contributed by atoms with Crippen molar-refractivity contribution in [3.63, 3.8) is 0 Å². The summed E-state index contributed by atoms with van der Waals surface area (Å²) in [5.41, 5.74) is 1.35. The van der Waals surface area contributed by atoms with Crippen LogP contribution in [0.1, 0.15) is 39.2 Å². The number of methoxy groups -OCH3 is 1. The first-order valence-electron chi connectivity index (χ1n) is 11.8. The van der Waals surface area contributed by atoms with Gasteiger partial charge in [0.25, 0.3) is 0 Å². The second-order valence-corrected chi connectivity index (χ2v) is 7.72. The van der Waals surface area contributed by atoms with Gasteiger partial charge < -0.3 is 29.2 Å². The van der Waals surface area contributed by atoms with Crippen LogP contribution in [0.15, 0.2) is 42.5 Å². The van der Waals surface area contributed by atoms with Crippen LogP contribution in [0.4, 0.5) is 5.69 Å². The highest BCUT2D eigenvalue weighted by atomic mass is 16.5. The van der Waals surface area contributed by atoms with E-state index in [4.69, 9.17) is 18.9 Å². The van der Waals surface area contributed by atoms with Crippen molar-refractivity contribution in [1.82, 2.24) is 4.90 Å². The second-order valence-electron chi connectivity index (χ2n) is 7.72. The smallest absolute Gasteiger partial charge is 0.246 e. The van der Waals surface area contributed by atoms with E-state index in [1.807, 2.05) is 26.0 Å². The molecule has 1 N–H and O–H groups in total. The average molecular weight is 485 g/mol. The van der Waals surface area contributed by atoms with Gasteiger partial charge >= 0.3 is 0 Å². The van der Waals surface area contributed by atoms with Crippen molar-refractivity contribution in [2.45, 2.75) is 33.6 Å². The highest BCUT2D eigenvalue weighted by molar-refractivity contribution is 5.98. The summed E-state index contributed by atoms with van der Waals surface area (Å²) in [5, 5.41) is 2.79. The predicted octanol–water partition coefficient (Wildman–Crippen LogP) is 4.78. The Hall–Kier alpha value is -3.68. The van der Waals surface area contributed by atoms with Crippen LogP contribution in [0, 0.1) is 0 Å². The number of hydrogen-bond donors (Lipinski definition) is 1. The highest BCUT2D eigenvalue weighted by Crippen LogP contribution is 2.31. The van der Waals surface area contributed by atoms with Gasteiger partial charge in [-0.05, 0) is 56.2 Å². The molecule has 0 aliphatic rings. The Morgan fingerprint density at radius 2 is 1.60 bits per heavy atom. The molecule has 2 rings (SSSR count). The van der Waals surface area contributed by atoms with Gasteiger partial charge in [0.05, 0.1) is 33.5 Å². The Labute approximate surface area is 207 Å². The molecule has 0 fully saturated rings. The lowest BCUT2D eigenvalue weighted by Crippen LogP contribution is -2.33. The van der Waals surface area contributed by atoms with Crippen LogP contribution >= 0.6 is 0 Å². The fraction of sp³-hybridized carbons (Fsp3) is 0.407. The monoisotopic (exact) mass is 484 g/mol. The number of carbonyl (C=O) groups excluding carboxylic acids is 2. The van der Waals surface area contributed by atoms with E-state index in [2.05, 4.69) is 12.2 Å². The number of anilines is 1. The van der Waals surface area contributed by atoms with Crippen molar-refractivity contribution in [2.75, 3.05) is 45.8 Å². The summed E-state index contributed by atoms with van der Waals surface area (Å²) >= 11 is 0. The lowest BCUT2D eigenvalue weighted by Gasteiger charge is -2.16. The average Bonchev–Trinajstić information content (AvgIpc) is 2.84. The number of carbonyl (C=O) groups is 2. The molecule has 2 aromatic carbocycles. The standard InChI is InChI=1S/C27H36N2O6/c1-6-9-16-35-22-13-10-20(17-24(22)32-5)11-15-27(31)29(4)19-26(30)28-21-12-14-23(33-7-2)25(18-21)34-8-3/h10-15,17-18H,6-9,16,19H2,1-5H3,(H,28,30)/b15-11+. The predicted molar refractivity (Wildman–Crippen MR) is 137 cm³/mol. The summed E-state index contributed by atoms with van der Waals surface area (Å²) in [6.45, 7) is 7.37. The second kappa shape index (κ2) is 14.6. The molecule has 0 radical (unpaired) electrons. The first kappa shape index (κ1) is 27.6. The number of benzene rings is 2. The van der Waals surface area contributed by atoms with E-state index in [9.17, 15) is 9.59 Å². The van der Waals surface area contributed by atoms with Crippen LogP contribution in [0.2, 0.25) is 0 Å². The zero-order valence-corrected chi connectivity index (χ0v) is 21.3. The van der Waals surface area contributed by atoms with E-state index in [0.717, 1.165) is 18.4 Å². The van der Waals surface area contributed by atoms with Crippen LogP contribution in [0.3, 0.4) is 0 Å². The van der Waals surface area contributed by atoms with Crippen molar-refractivity contribution in [3.8, 4) is 23.0 Å². The number of nitrogens with zero attached hydrogens (tertiary/aromatic N) is 1. The maximum absolute atomic E-state index is 12.5. The third-order valence-corrected chi connectivity index (χ3v) is 4.95. The first-order valence-corrected chi connectivity index (χ1v) is 11.8. The molecule has 8 heteroatoms. The molecule has 8 nitrogen and oxygen atoms in total. The Morgan fingerprint density at radius 1 is 0.914 bits per heavy atom. The highest BCUT2D eigenvalue weighted by Gasteiger charge is 2.13. The molecule has 0 saturated carbocycles. The normalized spacial score (nSPS) is 10.7. The number of rotatable bonds is 14. The van der Waals surface area contributed by atoms with Gasteiger partial charge in [0, 0.05) is 24.9 Å². The molecule has 0 bridgehead atoms. The van der Waals surface area contributed by atoms with Crippen molar-refractivity contribution in [1.29, 1.82) is 0 Å². The molecule has 0 heterocycles. The van der Waals surface area contributed by atoms with Crippen LogP contribution in [0.25, 0.3) is 6.08 Å². The summed E-state index contributed by atoms with van der Waals surface area (Å²) in [4.78, 5) is 26.3. The minimum absolute atomic E-state index is 0.103. The largest absolute Gasteiger partial charge is 0.493 e. The summed E-state index contributed by atoms with van der Waals surface area (Å²) in [5.74, 6) is 1.81. The van der Waals surface area contributed by atoms with E-state index in [1.165, 1.54) is 11.0 Å². The van der Waals surface area contributed by atoms with Gasteiger partial charge in [-0.2, -0.15) is 0 Å². The van der Waals surface area contributed by atoms with Gasteiger partial charge in [-0.25, -0.2) is 0 Å². The number of amides is 2. The Kier molecular flexibility index (Phi) is 11.5. The molecule has 190 valence electrons. The molecule has 0 aliphatic carbocycles. The van der Waals surface area contributed by atoms with Crippen LogP contribution in [-0.4, -0.2) is 57.2 Å². The number of likely N-dealkylation sites (N-methyl/N-ethyl adjacent to an activating group) is 1. The van der Waals surface area contributed by atoms with Gasteiger partial charge in [-0.15, -0.1) is 0 Å². The summed E-state index contributed by atoms with van der Waals surface area (Å²) in [6.07, 6.45) is 5.11. The molecule has 0 aliphatic heterocycles. The summed E-state index contributed by atoms with van der Waals surface area (Å²) in [7, 11) is 3.15. The summed E-state index contributed by atoms with van der Waals surface area (Å²) < 4.78 is 22.3. The molecular weight excluding hydrogens is 448 g/mol. The topological polar surface area (TPSA) is 86.3 Å². The van der Waals surface area contributed by atoms with Crippen LogP contribution < -0.4 is 24.3 Å². The molecule has 0 saturated heterocycles. The molecule has 0 spiro atoms. The van der Waals surface area contributed by atoms with Crippen LogP contribution in [0.5, 0.6) is 23.0 Å². The van der Waals surface area contributed by atoms with E-state index in [0.29, 0.717) is 48.5 Å². The van der Waals surface area contributed by atoms with Crippen molar-refractivity contribution < 1.29 is 28.5 Å². The molecule has 35 heavy (non-hydrogen) atoms. The van der Waals surface area contributed by atoms with Crippen molar-refractivity contribution in [2.24, 2.45) is 0 Å². The number of unbranched alkanes of at least 4 members (excludes halogenated alkanes) is 1. The van der Waals surface area contributed by atoms with Gasteiger partial charge in [0.1, 0.15) is 0 Å². The number of ether oxygens (including phenoxy) is 4. The number of hydrogen-bond acceptors (Lipinski definition) is 6. The van der Waals surface area contributed by atoms with Gasteiger partial charge in [0.2, 0.25) is 11.8 Å². The van der Waals surface area contributed by atoms with Crippen LogP contribution in [-0.2, 0) is 9.59 Å². The molecule has 0 aromatic heterocycles. The summed E-state index contributed by atoms with van der Waals surface area (Å²) in [6, 6.07) is 10.7. The van der Waals surface area contributed by atoms with E-state index in [-0.39, 0.29) is 18.4 Å². The van der Waals surface area contributed by atoms with Gasteiger partial charge in [-0.3, -0.25) is 9.59 Å². The SMILES string of the molecule is CCCCOc1ccc(/C=C/C(=O)N(C)CC(=O)Nc2ccc(OCC)c(OCC)c2)cc1OC. The Bertz CT molecular complexity index is 1010. The molecule has 0 atom stereocenters. The fourth-order valence-electron chi connectivity index (χ4n) is 3.15. The fourth-order valence-corrected chi connectivity index (χ4v) is 3.15. The van der Waals surface area contributed by atoms with Crippen molar-refractivity contribution in [3.05, 3.63) is 48.0 Å². The van der Waals surface area contributed by atoms with Gasteiger partial charge in [-0.1, -0.05) is 19.4 Å². The lowest BCUT2D eigenvalue weighted by atomic mass is 10.2. The zero-order chi connectivity index (χ0) is 25.6.